The molecule has 0 amide bonds. The molecule has 0 fully saturated rings. The second-order valence-corrected chi connectivity index (χ2v) is 8.41. The number of carboxylic acids is 1. The first-order valence-electron chi connectivity index (χ1n) is 11.9. The van der Waals surface area contributed by atoms with E-state index in [0.29, 0.717) is 24.7 Å². The van der Waals surface area contributed by atoms with E-state index in [1.54, 1.807) is 41.6 Å². The molecule has 186 valence electrons. The van der Waals surface area contributed by atoms with Crippen molar-refractivity contribution in [2.24, 2.45) is 0 Å². The van der Waals surface area contributed by atoms with Gasteiger partial charge in [0.1, 0.15) is 23.2 Å². The number of aryl methyl sites for hydroxylation is 1. The van der Waals surface area contributed by atoms with Crippen molar-refractivity contribution in [1.29, 1.82) is 0 Å². The average molecular weight is 489 g/mol. The van der Waals surface area contributed by atoms with Crippen LogP contribution in [0.3, 0.4) is 0 Å². The summed E-state index contributed by atoms with van der Waals surface area (Å²) < 4.78 is 6.05. The van der Waals surface area contributed by atoms with Crippen molar-refractivity contribution in [2.45, 2.75) is 39.7 Å². The lowest BCUT2D eigenvalue weighted by atomic mass is 10.0. The number of hydrogen-bond acceptors (Lipinski definition) is 8. The van der Waals surface area contributed by atoms with Gasteiger partial charge in [0.15, 0.2) is 0 Å². The summed E-state index contributed by atoms with van der Waals surface area (Å²) in [5.41, 5.74) is 0.679. The summed E-state index contributed by atoms with van der Waals surface area (Å²) in [7, 11) is 0. The molecule has 36 heavy (non-hydrogen) atoms. The Labute approximate surface area is 208 Å². The molecule has 2 aromatic carbocycles. The van der Waals surface area contributed by atoms with Gasteiger partial charge < -0.3 is 20.1 Å². The number of aliphatic carboxylic acids is 1. The number of anilines is 2. The van der Waals surface area contributed by atoms with Gasteiger partial charge in [-0.2, -0.15) is 0 Å². The third-order valence-corrected chi connectivity index (χ3v) is 6.17. The van der Waals surface area contributed by atoms with E-state index in [1.807, 2.05) is 32.9 Å². The van der Waals surface area contributed by atoms with Crippen LogP contribution in [-0.2, 0) is 17.6 Å². The summed E-state index contributed by atoms with van der Waals surface area (Å²) >= 11 is 0. The first-order valence-corrected chi connectivity index (χ1v) is 11.9. The predicted octanol–water partition coefficient (Wildman–Crippen LogP) is 3.53. The highest BCUT2D eigenvalue weighted by Crippen LogP contribution is 2.29. The number of pyridine rings is 2. The van der Waals surface area contributed by atoms with E-state index in [9.17, 15) is 19.5 Å². The summed E-state index contributed by atoms with van der Waals surface area (Å²) in [5, 5.41) is 14.3. The van der Waals surface area contributed by atoms with Gasteiger partial charge in [0.2, 0.25) is 5.88 Å². The fourth-order valence-electron chi connectivity index (χ4n) is 4.14. The Bertz CT molecular complexity index is 1450. The maximum Gasteiger partial charge on any atom is 0.326 e. The van der Waals surface area contributed by atoms with Gasteiger partial charge >= 0.3 is 5.97 Å². The van der Waals surface area contributed by atoms with Crippen LogP contribution in [0, 0.1) is 0 Å². The summed E-state index contributed by atoms with van der Waals surface area (Å²) in [6.07, 6.45) is 4.31. The fourth-order valence-corrected chi connectivity index (χ4v) is 4.14. The molecular formula is C27H28N4O5. The summed E-state index contributed by atoms with van der Waals surface area (Å²) in [6, 6.07) is 9.87. The molecule has 0 bridgehead atoms. The van der Waals surface area contributed by atoms with Gasteiger partial charge in [-0.25, -0.2) is 9.78 Å². The number of carboxylic acid groups (broad SMARTS) is 1. The molecule has 0 saturated carbocycles. The minimum absolute atomic E-state index is 0.0680. The van der Waals surface area contributed by atoms with Gasteiger partial charge in [-0.15, -0.1) is 0 Å². The molecule has 0 radical (unpaired) electrons. The van der Waals surface area contributed by atoms with Gasteiger partial charge in [-0.05, 0) is 55.5 Å². The zero-order chi connectivity index (χ0) is 25.8. The van der Waals surface area contributed by atoms with Crippen molar-refractivity contribution in [1.82, 2.24) is 9.97 Å². The zero-order valence-electron chi connectivity index (χ0n) is 20.4. The van der Waals surface area contributed by atoms with Crippen LogP contribution in [0.4, 0.5) is 11.4 Å². The van der Waals surface area contributed by atoms with Crippen molar-refractivity contribution < 1.29 is 14.6 Å². The van der Waals surface area contributed by atoms with Crippen LogP contribution in [0.1, 0.15) is 32.0 Å². The standard InChI is InChI=1S/C27H28N4O5/c1-4-18-14-17-11-12-28-15-20(17)26(29-18)36-19-9-7-16(8-10-19)13-21(27(34)35)30-22-23(25(33)24(22)32)31(5-2)6-3/h7-12,14-15,21,30H,4-6,13H2,1-3H3,(H,34,35)/t21-/m0/s1. The highest BCUT2D eigenvalue weighted by Gasteiger charge is 2.29. The second-order valence-electron chi connectivity index (χ2n) is 8.41. The zero-order valence-corrected chi connectivity index (χ0v) is 20.4. The Balaban J connectivity index is 1.52. The molecular weight excluding hydrogens is 460 g/mol. The van der Waals surface area contributed by atoms with Crippen molar-refractivity contribution in [3.63, 3.8) is 0 Å². The minimum Gasteiger partial charge on any atom is -0.480 e. The lowest BCUT2D eigenvalue weighted by Crippen LogP contribution is -2.45. The van der Waals surface area contributed by atoms with Crippen LogP contribution in [0.25, 0.3) is 10.8 Å². The third kappa shape index (κ3) is 4.91. The van der Waals surface area contributed by atoms with E-state index in [4.69, 9.17) is 4.74 Å². The number of benzene rings is 1. The highest BCUT2D eigenvalue weighted by atomic mass is 16.5. The molecule has 2 heterocycles. The number of ether oxygens (including phenoxy) is 1. The summed E-state index contributed by atoms with van der Waals surface area (Å²) in [6.45, 7) is 6.84. The number of fused-ring (bicyclic) bond motifs is 1. The van der Waals surface area contributed by atoms with Crippen LogP contribution in [0.15, 0.2) is 58.4 Å². The van der Waals surface area contributed by atoms with Crippen molar-refractivity contribution >= 4 is 28.1 Å². The minimum atomic E-state index is -1.12. The molecule has 4 rings (SSSR count). The number of hydrogen-bond donors (Lipinski definition) is 2. The SMILES string of the molecule is CCc1cc2ccncc2c(Oc2ccc(C[C@H](Nc3c(N(CC)CC)c(=O)c3=O)C(=O)O)cc2)n1. The van der Waals surface area contributed by atoms with Crippen molar-refractivity contribution in [2.75, 3.05) is 23.3 Å². The summed E-state index contributed by atoms with van der Waals surface area (Å²) in [5.74, 6) is -0.108. The Hall–Kier alpha value is -4.27. The molecule has 9 heteroatoms. The molecule has 1 atom stereocenters. The van der Waals surface area contributed by atoms with E-state index in [0.717, 1.165) is 28.5 Å². The van der Waals surface area contributed by atoms with E-state index in [1.165, 1.54) is 0 Å². The number of aromatic nitrogens is 2. The Morgan fingerprint density at radius 3 is 2.44 bits per heavy atom. The van der Waals surface area contributed by atoms with Crippen LogP contribution in [-0.4, -0.2) is 40.2 Å². The first-order chi connectivity index (χ1) is 17.4. The molecule has 0 aliphatic heterocycles. The monoisotopic (exact) mass is 488 g/mol. The van der Waals surface area contributed by atoms with Crippen LogP contribution in [0.2, 0.25) is 0 Å². The van der Waals surface area contributed by atoms with Gasteiger partial charge in [0.05, 0.1) is 5.39 Å². The number of nitrogens with one attached hydrogen (secondary N) is 1. The number of rotatable bonds is 11. The second kappa shape index (κ2) is 10.6. The predicted molar refractivity (Wildman–Crippen MR) is 139 cm³/mol. The van der Waals surface area contributed by atoms with E-state index in [-0.39, 0.29) is 17.8 Å². The topological polar surface area (TPSA) is 122 Å². The molecule has 0 aliphatic rings. The van der Waals surface area contributed by atoms with E-state index >= 15 is 0 Å². The maximum absolute atomic E-state index is 12.2. The quantitative estimate of drug-likeness (QED) is 0.305. The third-order valence-electron chi connectivity index (χ3n) is 6.17. The molecule has 2 aromatic heterocycles. The molecule has 0 spiro atoms. The van der Waals surface area contributed by atoms with Crippen LogP contribution >= 0.6 is 0 Å². The van der Waals surface area contributed by atoms with Crippen molar-refractivity contribution in [3.05, 3.63) is 80.5 Å². The Morgan fingerprint density at radius 1 is 1.08 bits per heavy atom. The first kappa shape index (κ1) is 24.8. The Kier molecular flexibility index (Phi) is 7.28. The fraction of sp³-hybridized carbons (Fsp3) is 0.296. The van der Waals surface area contributed by atoms with E-state index in [2.05, 4.69) is 15.3 Å². The van der Waals surface area contributed by atoms with Crippen molar-refractivity contribution in [3.8, 4) is 11.6 Å². The molecule has 0 saturated heterocycles. The highest BCUT2D eigenvalue weighted by molar-refractivity contribution is 5.86. The normalized spacial score (nSPS) is 12.0. The average Bonchev–Trinajstić information content (AvgIpc) is 2.90. The molecule has 0 unspecified atom stereocenters. The van der Waals surface area contributed by atoms with Gasteiger partial charge in [0, 0.05) is 37.6 Å². The van der Waals surface area contributed by atoms with E-state index < -0.39 is 22.9 Å². The molecule has 2 N–H and O–H groups in total. The molecule has 9 nitrogen and oxygen atoms in total. The maximum atomic E-state index is 12.2. The number of carbonyl (C=O) groups is 1. The largest absolute Gasteiger partial charge is 0.480 e. The lowest BCUT2D eigenvalue weighted by molar-refractivity contribution is -0.137. The summed E-state index contributed by atoms with van der Waals surface area (Å²) in [4.78, 5) is 46.7. The number of nitrogens with zero attached hydrogens (tertiary/aromatic N) is 3. The van der Waals surface area contributed by atoms with Crippen LogP contribution in [0.5, 0.6) is 11.6 Å². The van der Waals surface area contributed by atoms with Crippen LogP contribution < -0.4 is 25.8 Å². The molecule has 0 aliphatic carbocycles. The molecule has 4 aromatic rings. The van der Waals surface area contributed by atoms with Gasteiger partial charge in [-0.3, -0.25) is 14.6 Å². The van der Waals surface area contributed by atoms with Gasteiger partial charge in [0.25, 0.3) is 10.9 Å². The van der Waals surface area contributed by atoms with Gasteiger partial charge in [-0.1, -0.05) is 19.1 Å². The lowest BCUT2D eigenvalue weighted by Gasteiger charge is -2.26. The Morgan fingerprint density at radius 2 is 1.81 bits per heavy atom. The smallest absolute Gasteiger partial charge is 0.326 e.